The largest absolute Gasteiger partial charge is 0.484 e. The van der Waals surface area contributed by atoms with Gasteiger partial charge in [0.1, 0.15) is 11.8 Å². The van der Waals surface area contributed by atoms with Crippen molar-refractivity contribution >= 4 is 35.0 Å². The third-order valence-electron chi connectivity index (χ3n) is 6.05. The van der Waals surface area contributed by atoms with Crippen molar-refractivity contribution in [2.45, 2.75) is 52.2 Å². The standard InChI is InChI=1S/C29H32Cl2N2O3/c1-4-21(3)32-29(35)27(17-22-9-6-5-7-10-22)33(18-24-25(30)11-8-12-26(24)31)28(34)19-36-23-15-13-20(2)14-16-23/h5-16,21,27H,4,17-19H2,1-3H3,(H,32,35)/t21-,27+/m1/s1. The van der Waals surface area contributed by atoms with Gasteiger partial charge in [-0.2, -0.15) is 0 Å². The number of carbonyl (C=O) groups is 2. The molecule has 0 radical (unpaired) electrons. The Labute approximate surface area is 223 Å². The molecule has 0 aliphatic heterocycles. The molecular weight excluding hydrogens is 495 g/mol. The highest BCUT2D eigenvalue weighted by molar-refractivity contribution is 6.36. The number of carbonyl (C=O) groups excluding carboxylic acids is 2. The quantitative estimate of drug-likeness (QED) is 0.322. The van der Waals surface area contributed by atoms with Crippen molar-refractivity contribution in [2.75, 3.05) is 6.61 Å². The summed E-state index contributed by atoms with van der Waals surface area (Å²) in [7, 11) is 0. The molecule has 3 aromatic carbocycles. The first kappa shape index (κ1) is 27.6. The van der Waals surface area contributed by atoms with Gasteiger partial charge in [-0.1, -0.05) is 84.2 Å². The number of rotatable bonds is 11. The number of nitrogens with zero attached hydrogens (tertiary/aromatic N) is 1. The van der Waals surface area contributed by atoms with Crippen LogP contribution in [0.15, 0.2) is 72.8 Å². The van der Waals surface area contributed by atoms with E-state index in [0.717, 1.165) is 17.5 Å². The van der Waals surface area contributed by atoms with Crippen LogP contribution in [-0.4, -0.2) is 35.4 Å². The van der Waals surface area contributed by atoms with E-state index in [0.29, 0.717) is 27.8 Å². The first-order chi connectivity index (χ1) is 17.3. The van der Waals surface area contributed by atoms with Gasteiger partial charge in [0.25, 0.3) is 5.91 Å². The number of hydrogen-bond acceptors (Lipinski definition) is 3. The molecule has 0 aliphatic rings. The Morgan fingerprint density at radius 2 is 1.58 bits per heavy atom. The number of halogens is 2. The lowest BCUT2D eigenvalue weighted by atomic mass is 10.0. The summed E-state index contributed by atoms with van der Waals surface area (Å²) in [5.41, 5.74) is 2.61. The minimum Gasteiger partial charge on any atom is -0.484 e. The molecule has 3 rings (SSSR count). The average molecular weight is 527 g/mol. The first-order valence-electron chi connectivity index (χ1n) is 12.0. The van der Waals surface area contributed by atoms with E-state index in [9.17, 15) is 9.59 Å². The number of amides is 2. The number of ether oxygens (including phenoxy) is 1. The summed E-state index contributed by atoms with van der Waals surface area (Å²) < 4.78 is 5.80. The van der Waals surface area contributed by atoms with Crippen molar-refractivity contribution < 1.29 is 14.3 Å². The van der Waals surface area contributed by atoms with Crippen LogP contribution in [0.1, 0.15) is 37.0 Å². The number of benzene rings is 3. The van der Waals surface area contributed by atoms with Crippen LogP contribution in [0.4, 0.5) is 0 Å². The van der Waals surface area contributed by atoms with E-state index in [1.807, 2.05) is 75.4 Å². The monoisotopic (exact) mass is 526 g/mol. The highest BCUT2D eigenvalue weighted by atomic mass is 35.5. The Hall–Kier alpha value is -3.02. The smallest absolute Gasteiger partial charge is 0.261 e. The van der Waals surface area contributed by atoms with Crippen molar-refractivity contribution in [1.82, 2.24) is 10.2 Å². The lowest BCUT2D eigenvalue weighted by molar-refractivity contribution is -0.143. The van der Waals surface area contributed by atoms with Crippen LogP contribution in [0.25, 0.3) is 0 Å². The summed E-state index contributed by atoms with van der Waals surface area (Å²) in [6.07, 6.45) is 1.10. The molecule has 2 amide bonds. The molecule has 0 saturated heterocycles. The van der Waals surface area contributed by atoms with E-state index in [2.05, 4.69) is 5.32 Å². The van der Waals surface area contributed by atoms with Gasteiger partial charge in [-0.25, -0.2) is 0 Å². The van der Waals surface area contributed by atoms with Crippen molar-refractivity contribution in [3.8, 4) is 5.75 Å². The van der Waals surface area contributed by atoms with Gasteiger partial charge in [0.2, 0.25) is 5.91 Å². The topological polar surface area (TPSA) is 58.6 Å². The maximum absolute atomic E-state index is 13.6. The molecule has 0 bridgehead atoms. The Kier molecular flexibility index (Phi) is 10.2. The SMILES string of the molecule is CC[C@@H](C)NC(=O)[C@H](Cc1ccccc1)N(Cc1c(Cl)cccc1Cl)C(=O)COc1ccc(C)cc1. The number of hydrogen-bond donors (Lipinski definition) is 1. The summed E-state index contributed by atoms with van der Waals surface area (Å²) in [5.74, 6) is 0.000186. The Morgan fingerprint density at radius 1 is 0.944 bits per heavy atom. The van der Waals surface area contributed by atoms with Crippen LogP contribution >= 0.6 is 23.2 Å². The average Bonchev–Trinajstić information content (AvgIpc) is 2.87. The zero-order chi connectivity index (χ0) is 26.1. The third-order valence-corrected chi connectivity index (χ3v) is 6.75. The second kappa shape index (κ2) is 13.3. The normalized spacial score (nSPS) is 12.5. The zero-order valence-electron chi connectivity index (χ0n) is 20.8. The summed E-state index contributed by atoms with van der Waals surface area (Å²) in [4.78, 5) is 28.7. The third kappa shape index (κ3) is 7.74. The van der Waals surface area contributed by atoms with Crippen molar-refractivity contribution in [3.63, 3.8) is 0 Å². The van der Waals surface area contributed by atoms with Crippen molar-refractivity contribution in [2.24, 2.45) is 0 Å². The van der Waals surface area contributed by atoms with E-state index < -0.39 is 6.04 Å². The lowest BCUT2D eigenvalue weighted by Gasteiger charge is -2.32. The molecular formula is C29H32Cl2N2O3. The van der Waals surface area contributed by atoms with Crippen LogP contribution in [0.2, 0.25) is 10.0 Å². The summed E-state index contributed by atoms with van der Waals surface area (Å²) in [5, 5.41) is 3.90. The summed E-state index contributed by atoms with van der Waals surface area (Å²) in [6, 6.07) is 21.4. The summed E-state index contributed by atoms with van der Waals surface area (Å²) in [6.45, 7) is 5.76. The van der Waals surface area contributed by atoms with Gasteiger partial charge < -0.3 is 15.0 Å². The molecule has 0 fully saturated rings. The van der Waals surface area contributed by atoms with Crippen molar-refractivity contribution in [3.05, 3.63) is 99.5 Å². The van der Waals surface area contributed by atoms with E-state index in [-0.39, 0.29) is 31.0 Å². The molecule has 0 aromatic heterocycles. The predicted molar refractivity (Wildman–Crippen MR) is 146 cm³/mol. The minimum atomic E-state index is -0.789. The molecule has 3 aromatic rings. The van der Waals surface area contributed by atoms with Gasteiger partial charge in [0.15, 0.2) is 6.61 Å². The second-order valence-electron chi connectivity index (χ2n) is 8.85. The van der Waals surface area contributed by atoms with Gasteiger partial charge in [-0.3, -0.25) is 9.59 Å². The molecule has 5 nitrogen and oxygen atoms in total. The van der Waals surface area contributed by atoms with Crippen LogP contribution in [0, 0.1) is 6.92 Å². The second-order valence-corrected chi connectivity index (χ2v) is 9.66. The van der Waals surface area contributed by atoms with Crippen LogP contribution < -0.4 is 10.1 Å². The number of nitrogens with one attached hydrogen (secondary N) is 1. The molecule has 2 atom stereocenters. The van der Waals surface area contributed by atoms with Crippen LogP contribution in [-0.2, 0) is 22.6 Å². The van der Waals surface area contributed by atoms with E-state index >= 15 is 0 Å². The van der Waals surface area contributed by atoms with E-state index in [1.54, 1.807) is 18.2 Å². The van der Waals surface area contributed by atoms with Crippen LogP contribution in [0.5, 0.6) is 5.75 Å². The fraction of sp³-hybridized carbons (Fsp3) is 0.310. The highest BCUT2D eigenvalue weighted by Crippen LogP contribution is 2.27. The minimum absolute atomic E-state index is 0.0413. The van der Waals surface area contributed by atoms with Gasteiger partial charge in [0, 0.05) is 34.6 Å². The first-order valence-corrected chi connectivity index (χ1v) is 12.8. The molecule has 0 spiro atoms. The Balaban J connectivity index is 1.95. The molecule has 7 heteroatoms. The maximum Gasteiger partial charge on any atom is 0.261 e. The van der Waals surface area contributed by atoms with Gasteiger partial charge in [-0.15, -0.1) is 0 Å². The zero-order valence-corrected chi connectivity index (χ0v) is 22.4. The molecule has 0 aliphatic carbocycles. The van der Waals surface area contributed by atoms with E-state index in [1.165, 1.54) is 4.90 Å². The van der Waals surface area contributed by atoms with Gasteiger partial charge >= 0.3 is 0 Å². The highest BCUT2D eigenvalue weighted by Gasteiger charge is 2.32. The molecule has 0 heterocycles. The van der Waals surface area contributed by atoms with Crippen LogP contribution in [0.3, 0.4) is 0 Å². The van der Waals surface area contributed by atoms with Gasteiger partial charge in [0.05, 0.1) is 0 Å². The number of aryl methyl sites for hydroxylation is 1. The predicted octanol–water partition coefficient (Wildman–Crippen LogP) is 6.24. The van der Waals surface area contributed by atoms with E-state index in [4.69, 9.17) is 27.9 Å². The Morgan fingerprint density at radius 3 is 2.19 bits per heavy atom. The van der Waals surface area contributed by atoms with Gasteiger partial charge in [-0.05, 0) is 50.1 Å². The molecule has 1 N–H and O–H groups in total. The molecule has 0 unspecified atom stereocenters. The molecule has 36 heavy (non-hydrogen) atoms. The molecule has 190 valence electrons. The molecule has 0 saturated carbocycles. The fourth-order valence-corrected chi connectivity index (χ4v) is 4.23. The van der Waals surface area contributed by atoms with Crippen molar-refractivity contribution in [1.29, 1.82) is 0 Å². The lowest BCUT2D eigenvalue weighted by Crippen LogP contribution is -2.53. The Bertz CT molecular complexity index is 1130. The fourth-order valence-electron chi connectivity index (χ4n) is 3.71. The summed E-state index contributed by atoms with van der Waals surface area (Å²) >= 11 is 12.9. The maximum atomic E-state index is 13.6.